The van der Waals surface area contributed by atoms with Crippen molar-refractivity contribution in [3.63, 3.8) is 0 Å². The number of hydrogen-bond donors (Lipinski definition) is 2. The van der Waals surface area contributed by atoms with Crippen molar-refractivity contribution in [3.05, 3.63) is 59.7 Å². The minimum atomic E-state index is -0.164. The molecule has 2 N–H and O–H groups in total. The molecular weight excluding hydrogens is 374 g/mol. The van der Waals surface area contributed by atoms with Gasteiger partial charge in [0.2, 0.25) is 11.8 Å². The number of para-hydroxylation sites is 1. The van der Waals surface area contributed by atoms with E-state index in [1.807, 2.05) is 24.3 Å². The van der Waals surface area contributed by atoms with Gasteiger partial charge in [-0.2, -0.15) is 0 Å². The molecule has 0 bridgehead atoms. The van der Waals surface area contributed by atoms with Gasteiger partial charge in [0.1, 0.15) is 0 Å². The molecule has 1 aliphatic rings. The Labute approximate surface area is 168 Å². The van der Waals surface area contributed by atoms with Gasteiger partial charge in [-0.15, -0.1) is 11.8 Å². The Bertz CT molecular complexity index is 867. The highest BCUT2D eigenvalue weighted by molar-refractivity contribution is 7.99. The Balaban J connectivity index is 1.47. The summed E-state index contributed by atoms with van der Waals surface area (Å²) >= 11 is 1.75. The van der Waals surface area contributed by atoms with Crippen LogP contribution in [0, 0.1) is 0 Å². The van der Waals surface area contributed by atoms with Gasteiger partial charge in [-0.3, -0.25) is 14.4 Å². The number of fused-ring (bicyclic) bond motifs is 1. The Kier molecular flexibility index (Phi) is 6.71. The minimum Gasteiger partial charge on any atom is -0.355 e. The first kappa shape index (κ1) is 19.9. The van der Waals surface area contributed by atoms with Crippen LogP contribution in [0.3, 0.4) is 0 Å². The van der Waals surface area contributed by atoms with Gasteiger partial charge in [0.25, 0.3) is 5.91 Å². The monoisotopic (exact) mass is 397 g/mol. The van der Waals surface area contributed by atoms with Crippen LogP contribution >= 0.6 is 11.8 Å². The third-order valence-electron chi connectivity index (χ3n) is 4.53. The smallest absolute Gasteiger partial charge is 0.251 e. The molecule has 2 aromatic carbocycles. The Morgan fingerprint density at radius 1 is 1.04 bits per heavy atom. The SMILES string of the molecule is CNC(=O)c1ccc(CNC(=O)CCC(=O)N2CCSc3ccccc32)cc1. The van der Waals surface area contributed by atoms with Crippen molar-refractivity contribution in [1.82, 2.24) is 10.6 Å². The predicted molar refractivity (Wildman–Crippen MR) is 110 cm³/mol. The molecule has 0 aromatic heterocycles. The average Bonchev–Trinajstić information content (AvgIpc) is 2.75. The molecule has 2 aromatic rings. The van der Waals surface area contributed by atoms with Crippen LogP contribution in [-0.2, 0) is 16.1 Å². The highest BCUT2D eigenvalue weighted by Crippen LogP contribution is 2.34. The number of hydrogen-bond acceptors (Lipinski definition) is 4. The van der Waals surface area contributed by atoms with E-state index in [1.54, 1.807) is 48.0 Å². The molecule has 0 saturated carbocycles. The third kappa shape index (κ3) is 4.92. The predicted octanol–water partition coefficient (Wildman–Crippen LogP) is 2.58. The molecule has 0 saturated heterocycles. The fourth-order valence-corrected chi connectivity index (χ4v) is 3.99. The zero-order valence-corrected chi connectivity index (χ0v) is 16.6. The van der Waals surface area contributed by atoms with Crippen molar-refractivity contribution in [2.45, 2.75) is 24.3 Å². The lowest BCUT2D eigenvalue weighted by Crippen LogP contribution is -2.36. The molecular formula is C21H23N3O3S. The van der Waals surface area contributed by atoms with Crippen LogP contribution in [0.5, 0.6) is 0 Å². The molecule has 0 fully saturated rings. The lowest BCUT2D eigenvalue weighted by atomic mass is 10.1. The zero-order valence-electron chi connectivity index (χ0n) is 15.7. The van der Waals surface area contributed by atoms with Gasteiger partial charge >= 0.3 is 0 Å². The number of nitrogens with zero attached hydrogens (tertiary/aromatic N) is 1. The maximum Gasteiger partial charge on any atom is 0.251 e. The largest absolute Gasteiger partial charge is 0.355 e. The van der Waals surface area contributed by atoms with E-state index < -0.39 is 0 Å². The Hall–Kier alpha value is -2.80. The second-order valence-electron chi connectivity index (χ2n) is 6.41. The number of rotatable bonds is 6. The number of amides is 3. The van der Waals surface area contributed by atoms with Crippen molar-refractivity contribution < 1.29 is 14.4 Å². The Morgan fingerprint density at radius 2 is 1.79 bits per heavy atom. The van der Waals surface area contributed by atoms with Crippen molar-refractivity contribution in [3.8, 4) is 0 Å². The lowest BCUT2D eigenvalue weighted by Gasteiger charge is -2.29. The fourth-order valence-electron chi connectivity index (χ4n) is 2.99. The molecule has 7 heteroatoms. The van der Waals surface area contributed by atoms with E-state index in [4.69, 9.17) is 0 Å². The molecule has 28 heavy (non-hydrogen) atoms. The van der Waals surface area contributed by atoms with E-state index in [1.165, 1.54) is 0 Å². The number of nitrogens with one attached hydrogen (secondary N) is 2. The molecule has 0 radical (unpaired) electrons. The summed E-state index contributed by atoms with van der Waals surface area (Å²) in [6, 6.07) is 14.9. The van der Waals surface area contributed by atoms with Gasteiger partial charge < -0.3 is 15.5 Å². The summed E-state index contributed by atoms with van der Waals surface area (Å²) in [7, 11) is 1.58. The van der Waals surface area contributed by atoms with Crippen LogP contribution in [-0.4, -0.2) is 37.1 Å². The number of carbonyl (C=O) groups excluding carboxylic acids is 3. The first-order valence-electron chi connectivity index (χ1n) is 9.18. The molecule has 6 nitrogen and oxygen atoms in total. The van der Waals surface area contributed by atoms with Crippen LogP contribution in [0.1, 0.15) is 28.8 Å². The Morgan fingerprint density at radius 3 is 2.54 bits per heavy atom. The van der Waals surface area contributed by atoms with Gasteiger partial charge in [0, 0.05) is 49.2 Å². The molecule has 1 aliphatic heterocycles. The molecule has 3 rings (SSSR count). The van der Waals surface area contributed by atoms with Crippen molar-refractivity contribution >= 4 is 35.2 Å². The van der Waals surface area contributed by atoms with Crippen LogP contribution in [0.25, 0.3) is 0 Å². The van der Waals surface area contributed by atoms with Gasteiger partial charge in [-0.25, -0.2) is 0 Å². The zero-order chi connectivity index (χ0) is 19.9. The summed E-state index contributed by atoms with van der Waals surface area (Å²) in [6.45, 7) is 1.03. The van der Waals surface area contributed by atoms with Crippen molar-refractivity contribution in [2.24, 2.45) is 0 Å². The fraction of sp³-hybridized carbons (Fsp3) is 0.286. The van der Waals surface area contributed by atoms with E-state index in [-0.39, 0.29) is 30.6 Å². The number of carbonyl (C=O) groups is 3. The number of thioether (sulfide) groups is 1. The topological polar surface area (TPSA) is 78.5 Å². The lowest BCUT2D eigenvalue weighted by molar-refractivity contribution is -0.125. The van der Waals surface area contributed by atoms with Gasteiger partial charge in [0.15, 0.2) is 0 Å². The van der Waals surface area contributed by atoms with Crippen LogP contribution < -0.4 is 15.5 Å². The standard InChI is InChI=1S/C21H23N3O3S/c1-22-21(27)16-8-6-15(7-9-16)14-23-19(25)10-11-20(26)24-12-13-28-18-5-3-2-4-17(18)24/h2-9H,10-14H2,1H3,(H,22,27)(H,23,25). The first-order chi connectivity index (χ1) is 13.6. The van der Waals surface area contributed by atoms with Crippen LogP contribution in [0.15, 0.2) is 53.4 Å². The highest BCUT2D eigenvalue weighted by atomic mass is 32.2. The second kappa shape index (κ2) is 9.41. The summed E-state index contributed by atoms with van der Waals surface area (Å²) in [5.74, 6) is 0.522. The normalized spacial score (nSPS) is 12.8. The van der Waals surface area contributed by atoms with Crippen molar-refractivity contribution in [2.75, 3.05) is 24.2 Å². The maximum absolute atomic E-state index is 12.6. The highest BCUT2D eigenvalue weighted by Gasteiger charge is 2.22. The summed E-state index contributed by atoms with van der Waals surface area (Å²) in [4.78, 5) is 39.1. The van der Waals surface area contributed by atoms with Crippen LogP contribution in [0.4, 0.5) is 5.69 Å². The molecule has 0 atom stereocenters. The molecule has 0 aliphatic carbocycles. The molecule has 1 heterocycles. The molecule has 146 valence electrons. The van der Waals surface area contributed by atoms with Gasteiger partial charge in [0.05, 0.1) is 5.69 Å². The second-order valence-corrected chi connectivity index (χ2v) is 7.55. The number of benzene rings is 2. The minimum absolute atomic E-state index is 0.0298. The third-order valence-corrected chi connectivity index (χ3v) is 5.57. The average molecular weight is 398 g/mol. The summed E-state index contributed by atoms with van der Waals surface area (Å²) in [6.07, 6.45) is 0.335. The van der Waals surface area contributed by atoms with E-state index in [2.05, 4.69) is 10.6 Å². The maximum atomic E-state index is 12.6. The van der Waals surface area contributed by atoms with E-state index >= 15 is 0 Å². The van der Waals surface area contributed by atoms with Gasteiger partial charge in [-0.1, -0.05) is 24.3 Å². The number of anilines is 1. The van der Waals surface area contributed by atoms with E-state index in [0.717, 1.165) is 21.9 Å². The molecule has 0 unspecified atom stereocenters. The summed E-state index contributed by atoms with van der Waals surface area (Å²) in [5, 5.41) is 5.39. The van der Waals surface area contributed by atoms with E-state index in [0.29, 0.717) is 18.7 Å². The summed E-state index contributed by atoms with van der Waals surface area (Å²) in [5.41, 5.74) is 2.40. The molecule has 0 spiro atoms. The first-order valence-corrected chi connectivity index (χ1v) is 10.2. The van der Waals surface area contributed by atoms with Gasteiger partial charge in [-0.05, 0) is 29.8 Å². The molecule has 3 amide bonds. The van der Waals surface area contributed by atoms with Crippen LogP contribution in [0.2, 0.25) is 0 Å². The summed E-state index contributed by atoms with van der Waals surface area (Å²) < 4.78 is 0. The quantitative estimate of drug-likeness (QED) is 0.785. The van der Waals surface area contributed by atoms with Crippen molar-refractivity contribution in [1.29, 1.82) is 0 Å². The van der Waals surface area contributed by atoms with E-state index in [9.17, 15) is 14.4 Å².